The van der Waals surface area contributed by atoms with Crippen LogP contribution in [0.5, 0.6) is 17.2 Å². The van der Waals surface area contributed by atoms with Crippen molar-refractivity contribution in [3.05, 3.63) is 53.7 Å². The summed E-state index contributed by atoms with van der Waals surface area (Å²) < 4.78 is 16.5. The van der Waals surface area contributed by atoms with Crippen molar-refractivity contribution in [1.82, 2.24) is 9.80 Å². The van der Waals surface area contributed by atoms with Gasteiger partial charge in [-0.15, -0.1) is 0 Å². The SMILES string of the molecule is CCOc1ccccc1N1C(=O)C(c2ccc(OC)c(OC)c2)=C(N2CCN(C)CC2)C1=O. The van der Waals surface area contributed by atoms with E-state index in [2.05, 4.69) is 4.90 Å². The molecule has 8 heteroatoms. The maximum atomic E-state index is 13.8. The van der Waals surface area contributed by atoms with Gasteiger partial charge in [-0.3, -0.25) is 9.59 Å². The Balaban J connectivity index is 1.84. The van der Waals surface area contributed by atoms with Gasteiger partial charge in [0.05, 0.1) is 32.1 Å². The third-order valence-electron chi connectivity index (χ3n) is 5.96. The summed E-state index contributed by atoms with van der Waals surface area (Å²) in [4.78, 5) is 33.1. The first-order chi connectivity index (χ1) is 16.0. The highest BCUT2D eigenvalue weighted by Gasteiger charge is 2.44. The number of methoxy groups -OCH3 is 2. The van der Waals surface area contributed by atoms with Gasteiger partial charge in [-0.1, -0.05) is 18.2 Å². The van der Waals surface area contributed by atoms with Gasteiger partial charge in [0, 0.05) is 26.2 Å². The van der Waals surface area contributed by atoms with Gasteiger partial charge in [0.25, 0.3) is 11.8 Å². The van der Waals surface area contributed by atoms with Crippen molar-refractivity contribution in [3.8, 4) is 17.2 Å². The number of amides is 2. The van der Waals surface area contributed by atoms with Crippen LogP contribution in [0, 0.1) is 0 Å². The van der Waals surface area contributed by atoms with Crippen molar-refractivity contribution >= 4 is 23.1 Å². The van der Waals surface area contributed by atoms with E-state index in [1.807, 2.05) is 24.9 Å². The molecule has 2 aliphatic rings. The number of ether oxygens (including phenoxy) is 3. The fourth-order valence-corrected chi connectivity index (χ4v) is 4.23. The number of anilines is 1. The Kier molecular flexibility index (Phi) is 6.55. The second kappa shape index (κ2) is 9.54. The molecule has 0 bridgehead atoms. The summed E-state index contributed by atoms with van der Waals surface area (Å²) >= 11 is 0. The van der Waals surface area contributed by atoms with Crippen molar-refractivity contribution < 1.29 is 23.8 Å². The largest absolute Gasteiger partial charge is 0.493 e. The molecule has 4 rings (SSSR count). The maximum Gasteiger partial charge on any atom is 0.282 e. The number of para-hydroxylation sites is 2. The zero-order chi connectivity index (χ0) is 23.5. The molecule has 2 aromatic rings. The summed E-state index contributed by atoms with van der Waals surface area (Å²) in [6.07, 6.45) is 0. The van der Waals surface area contributed by atoms with E-state index in [1.165, 1.54) is 4.90 Å². The lowest BCUT2D eigenvalue weighted by Crippen LogP contribution is -2.46. The Morgan fingerprint density at radius 2 is 1.55 bits per heavy atom. The van der Waals surface area contributed by atoms with E-state index >= 15 is 0 Å². The number of nitrogens with zero attached hydrogens (tertiary/aromatic N) is 3. The molecule has 0 aromatic heterocycles. The fourth-order valence-electron chi connectivity index (χ4n) is 4.23. The van der Waals surface area contributed by atoms with E-state index in [0.717, 1.165) is 13.1 Å². The number of piperazine rings is 1. The summed E-state index contributed by atoms with van der Waals surface area (Å²) in [6, 6.07) is 12.4. The molecule has 0 N–H and O–H groups in total. The molecule has 0 unspecified atom stereocenters. The van der Waals surface area contributed by atoms with Gasteiger partial charge in [-0.2, -0.15) is 0 Å². The molecule has 33 heavy (non-hydrogen) atoms. The standard InChI is InChI=1S/C25H29N3O5/c1-5-33-19-9-7-6-8-18(19)28-24(29)22(17-10-11-20(31-3)21(16-17)32-4)23(25(28)30)27-14-12-26(2)13-15-27/h6-11,16H,5,12-15H2,1-4H3. The van der Waals surface area contributed by atoms with Crippen LogP contribution in [0.3, 0.4) is 0 Å². The van der Waals surface area contributed by atoms with E-state index < -0.39 is 0 Å². The Morgan fingerprint density at radius 1 is 0.848 bits per heavy atom. The number of hydrogen-bond acceptors (Lipinski definition) is 7. The Bertz CT molecular complexity index is 1090. The van der Waals surface area contributed by atoms with Crippen LogP contribution >= 0.6 is 0 Å². The van der Waals surface area contributed by atoms with Crippen LogP contribution < -0.4 is 19.1 Å². The molecule has 1 saturated heterocycles. The predicted molar refractivity (Wildman–Crippen MR) is 126 cm³/mol. The number of carbonyl (C=O) groups excluding carboxylic acids is 2. The Morgan fingerprint density at radius 3 is 2.21 bits per heavy atom. The minimum Gasteiger partial charge on any atom is -0.493 e. The number of rotatable bonds is 7. The summed E-state index contributed by atoms with van der Waals surface area (Å²) in [5.74, 6) is 0.815. The Labute approximate surface area is 193 Å². The molecular formula is C25H29N3O5. The van der Waals surface area contributed by atoms with Crippen LogP contribution in [0.1, 0.15) is 12.5 Å². The summed E-state index contributed by atoms with van der Waals surface area (Å²) in [5, 5.41) is 0. The number of likely N-dealkylation sites (N-methyl/N-ethyl adjacent to an activating group) is 1. The smallest absolute Gasteiger partial charge is 0.282 e. The minimum absolute atomic E-state index is 0.346. The molecule has 2 aliphatic heterocycles. The average molecular weight is 452 g/mol. The molecule has 0 saturated carbocycles. The van der Waals surface area contributed by atoms with Gasteiger partial charge in [0.15, 0.2) is 11.5 Å². The van der Waals surface area contributed by atoms with Crippen LogP contribution in [-0.4, -0.2) is 75.7 Å². The first kappa shape index (κ1) is 22.7. The highest BCUT2D eigenvalue weighted by molar-refractivity contribution is 6.45. The molecule has 0 spiro atoms. The Hall–Kier alpha value is -3.52. The summed E-state index contributed by atoms with van der Waals surface area (Å²) in [7, 11) is 5.15. The molecule has 0 aliphatic carbocycles. The van der Waals surface area contributed by atoms with E-state index in [-0.39, 0.29) is 11.8 Å². The first-order valence-electron chi connectivity index (χ1n) is 11.0. The number of imide groups is 1. The fraction of sp³-hybridized carbons (Fsp3) is 0.360. The van der Waals surface area contributed by atoms with Crippen LogP contribution in [0.25, 0.3) is 5.57 Å². The van der Waals surface area contributed by atoms with Crippen molar-refractivity contribution in [2.75, 3.05) is 59.0 Å². The molecule has 1 fully saturated rings. The van der Waals surface area contributed by atoms with Gasteiger partial charge < -0.3 is 24.0 Å². The normalized spacial score (nSPS) is 17.1. The lowest BCUT2D eigenvalue weighted by atomic mass is 10.0. The molecule has 174 valence electrons. The number of benzene rings is 2. The lowest BCUT2D eigenvalue weighted by Gasteiger charge is -2.34. The van der Waals surface area contributed by atoms with Crippen molar-refractivity contribution in [3.63, 3.8) is 0 Å². The van der Waals surface area contributed by atoms with E-state index in [9.17, 15) is 9.59 Å². The highest BCUT2D eigenvalue weighted by atomic mass is 16.5. The van der Waals surface area contributed by atoms with Gasteiger partial charge in [-0.25, -0.2) is 4.90 Å². The first-order valence-corrected chi connectivity index (χ1v) is 11.0. The second-order valence-corrected chi connectivity index (χ2v) is 7.93. The topological polar surface area (TPSA) is 71.6 Å². The summed E-state index contributed by atoms with van der Waals surface area (Å²) in [5.41, 5.74) is 1.82. The molecule has 8 nitrogen and oxygen atoms in total. The van der Waals surface area contributed by atoms with Gasteiger partial charge in [0.1, 0.15) is 11.4 Å². The monoisotopic (exact) mass is 451 g/mol. The quantitative estimate of drug-likeness (QED) is 0.600. The summed E-state index contributed by atoms with van der Waals surface area (Å²) in [6.45, 7) is 5.21. The molecule has 2 aromatic carbocycles. The van der Waals surface area contributed by atoms with E-state index in [1.54, 1.807) is 50.6 Å². The van der Waals surface area contributed by atoms with Crippen LogP contribution in [0.4, 0.5) is 5.69 Å². The molecule has 2 amide bonds. The minimum atomic E-state index is -0.381. The van der Waals surface area contributed by atoms with E-state index in [4.69, 9.17) is 14.2 Å². The predicted octanol–water partition coefficient (Wildman–Crippen LogP) is 2.63. The van der Waals surface area contributed by atoms with Gasteiger partial charge in [-0.05, 0) is 43.8 Å². The van der Waals surface area contributed by atoms with E-state index in [0.29, 0.717) is 59.5 Å². The van der Waals surface area contributed by atoms with Crippen LogP contribution in [0.2, 0.25) is 0 Å². The molecular weight excluding hydrogens is 422 g/mol. The van der Waals surface area contributed by atoms with Crippen molar-refractivity contribution in [2.45, 2.75) is 6.92 Å². The number of carbonyl (C=O) groups is 2. The average Bonchev–Trinajstić information content (AvgIpc) is 3.09. The van der Waals surface area contributed by atoms with Crippen LogP contribution in [-0.2, 0) is 9.59 Å². The van der Waals surface area contributed by atoms with Gasteiger partial charge >= 0.3 is 0 Å². The van der Waals surface area contributed by atoms with Crippen molar-refractivity contribution in [2.24, 2.45) is 0 Å². The zero-order valence-electron chi connectivity index (χ0n) is 19.5. The number of hydrogen-bond donors (Lipinski definition) is 0. The van der Waals surface area contributed by atoms with Crippen LogP contribution in [0.15, 0.2) is 48.2 Å². The van der Waals surface area contributed by atoms with Crippen molar-refractivity contribution in [1.29, 1.82) is 0 Å². The molecule has 2 heterocycles. The van der Waals surface area contributed by atoms with Gasteiger partial charge in [0.2, 0.25) is 0 Å². The second-order valence-electron chi connectivity index (χ2n) is 7.93. The maximum absolute atomic E-state index is 13.8. The highest BCUT2D eigenvalue weighted by Crippen LogP contribution is 2.40. The molecule has 0 radical (unpaired) electrons. The molecule has 0 atom stereocenters. The lowest BCUT2D eigenvalue weighted by molar-refractivity contribution is -0.120. The third-order valence-corrected chi connectivity index (χ3v) is 5.96. The zero-order valence-corrected chi connectivity index (χ0v) is 19.5. The third kappa shape index (κ3) is 4.14.